The Labute approximate surface area is 194 Å². The summed E-state index contributed by atoms with van der Waals surface area (Å²) in [6.07, 6.45) is 4.95. The molecule has 29 heavy (non-hydrogen) atoms. The van der Waals surface area contributed by atoms with Gasteiger partial charge >= 0.3 is 0 Å². The van der Waals surface area contributed by atoms with Gasteiger partial charge in [0, 0.05) is 44.0 Å². The zero-order chi connectivity index (χ0) is 19.8. The molecule has 0 aliphatic rings. The molecule has 3 aromatic rings. The molecule has 0 bridgehead atoms. The molecule has 0 amide bonds. The average molecular weight is 523 g/mol. The van der Waals surface area contributed by atoms with Gasteiger partial charge in [0.15, 0.2) is 5.96 Å². The fraction of sp³-hybridized carbons (Fsp3) is 0.364. The van der Waals surface area contributed by atoms with Gasteiger partial charge in [0.25, 0.3) is 0 Å². The minimum absolute atomic E-state index is 0. The Bertz CT molecular complexity index is 888. The van der Waals surface area contributed by atoms with Gasteiger partial charge in [-0.3, -0.25) is 4.99 Å². The number of nitrogens with one attached hydrogen (secondary N) is 2. The van der Waals surface area contributed by atoms with Crippen molar-refractivity contribution in [3.63, 3.8) is 0 Å². The van der Waals surface area contributed by atoms with Gasteiger partial charge in [0.2, 0.25) is 0 Å². The molecule has 2 heterocycles. The van der Waals surface area contributed by atoms with E-state index in [1.54, 1.807) is 0 Å². The number of halogens is 1. The third-order valence-corrected chi connectivity index (χ3v) is 5.60. The first-order valence-corrected chi connectivity index (χ1v) is 10.5. The number of nitrogens with zero attached hydrogens (tertiary/aromatic N) is 3. The Morgan fingerprint density at radius 3 is 2.72 bits per heavy atom. The van der Waals surface area contributed by atoms with E-state index in [1.165, 1.54) is 16.0 Å². The second-order valence-electron chi connectivity index (χ2n) is 7.12. The van der Waals surface area contributed by atoms with E-state index < -0.39 is 0 Å². The first-order valence-electron chi connectivity index (χ1n) is 9.66. The van der Waals surface area contributed by atoms with E-state index in [1.807, 2.05) is 37.7 Å². The van der Waals surface area contributed by atoms with Crippen LogP contribution in [-0.2, 0) is 19.5 Å². The van der Waals surface area contributed by atoms with Gasteiger partial charge in [-0.25, -0.2) is 4.98 Å². The molecule has 0 fully saturated rings. The highest BCUT2D eigenvalue weighted by molar-refractivity contribution is 14.0. The molecule has 156 valence electrons. The monoisotopic (exact) mass is 523 g/mol. The van der Waals surface area contributed by atoms with Gasteiger partial charge in [0.05, 0.1) is 0 Å². The van der Waals surface area contributed by atoms with Crippen molar-refractivity contribution in [2.24, 2.45) is 10.9 Å². The predicted octanol–water partition coefficient (Wildman–Crippen LogP) is 4.46. The van der Waals surface area contributed by atoms with Crippen LogP contribution in [0.25, 0.3) is 0 Å². The molecule has 0 radical (unpaired) electrons. The topological polar surface area (TPSA) is 54.2 Å². The lowest BCUT2D eigenvalue weighted by molar-refractivity contribution is 0.562. The summed E-state index contributed by atoms with van der Waals surface area (Å²) in [7, 11) is 1.82. The molecule has 5 nitrogen and oxygen atoms in total. The van der Waals surface area contributed by atoms with Crippen LogP contribution in [0.2, 0.25) is 0 Å². The summed E-state index contributed by atoms with van der Waals surface area (Å²) < 4.78 is 2.15. The van der Waals surface area contributed by atoms with Gasteiger partial charge in [-0.15, -0.1) is 35.3 Å². The fourth-order valence-corrected chi connectivity index (χ4v) is 4.00. The standard InChI is InChI=1S/C22H29N5S.HI/c1-17(12-21-8-5-11-28-21)14-25-22(23-3)26-15-19-6-4-7-20(13-19)16-27-10-9-24-18(27)2;/h4-11,13,17H,12,14-16H2,1-3H3,(H2,23,25,26);1H. The highest BCUT2D eigenvalue weighted by Crippen LogP contribution is 2.14. The summed E-state index contributed by atoms with van der Waals surface area (Å²) in [5.41, 5.74) is 2.51. The molecule has 7 heteroatoms. The molecule has 3 rings (SSSR count). The third-order valence-electron chi connectivity index (χ3n) is 4.70. The molecular formula is C22H30IN5S. The molecule has 0 saturated heterocycles. The smallest absolute Gasteiger partial charge is 0.191 e. The third kappa shape index (κ3) is 7.47. The SMILES string of the molecule is CN=C(NCc1cccc(Cn2ccnc2C)c1)NCC(C)Cc1cccs1.I. The summed E-state index contributed by atoms with van der Waals surface area (Å²) >= 11 is 1.82. The summed E-state index contributed by atoms with van der Waals surface area (Å²) in [4.78, 5) is 10.1. The number of imidazole rings is 1. The highest BCUT2D eigenvalue weighted by atomic mass is 127. The average Bonchev–Trinajstić information content (AvgIpc) is 3.34. The van der Waals surface area contributed by atoms with E-state index in [2.05, 4.69) is 73.9 Å². The van der Waals surface area contributed by atoms with Crippen molar-refractivity contribution in [2.75, 3.05) is 13.6 Å². The number of aryl methyl sites for hydroxylation is 1. The summed E-state index contributed by atoms with van der Waals surface area (Å²) in [6, 6.07) is 13.0. The number of aromatic nitrogens is 2. The summed E-state index contributed by atoms with van der Waals surface area (Å²) in [5, 5.41) is 9.00. The van der Waals surface area contributed by atoms with Crippen molar-refractivity contribution in [3.8, 4) is 0 Å². The molecule has 1 atom stereocenters. The normalized spacial score (nSPS) is 12.3. The van der Waals surface area contributed by atoms with Crippen LogP contribution in [0.3, 0.4) is 0 Å². The van der Waals surface area contributed by atoms with Crippen LogP contribution in [0.15, 0.2) is 59.2 Å². The minimum Gasteiger partial charge on any atom is -0.356 e. The molecular weight excluding hydrogens is 493 g/mol. The lowest BCUT2D eigenvalue weighted by Crippen LogP contribution is -2.39. The Kier molecular flexibility index (Phi) is 9.66. The second kappa shape index (κ2) is 12.0. The van der Waals surface area contributed by atoms with Crippen molar-refractivity contribution in [1.82, 2.24) is 20.2 Å². The van der Waals surface area contributed by atoms with Crippen molar-refractivity contribution >= 4 is 41.3 Å². The summed E-state index contributed by atoms with van der Waals surface area (Å²) in [5.74, 6) is 2.43. The molecule has 0 aliphatic carbocycles. The molecule has 0 spiro atoms. The van der Waals surface area contributed by atoms with E-state index in [9.17, 15) is 0 Å². The molecule has 1 unspecified atom stereocenters. The van der Waals surface area contributed by atoms with Crippen LogP contribution in [0, 0.1) is 12.8 Å². The van der Waals surface area contributed by atoms with Crippen molar-refractivity contribution < 1.29 is 0 Å². The number of hydrogen-bond acceptors (Lipinski definition) is 3. The molecule has 0 aliphatic heterocycles. The van der Waals surface area contributed by atoms with Crippen molar-refractivity contribution in [3.05, 3.63) is 76.0 Å². The van der Waals surface area contributed by atoms with E-state index in [-0.39, 0.29) is 24.0 Å². The number of hydrogen-bond donors (Lipinski definition) is 2. The van der Waals surface area contributed by atoms with Crippen LogP contribution >= 0.6 is 35.3 Å². The Balaban J connectivity index is 0.00000300. The maximum absolute atomic E-state index is 4.35. The van der Waals surface area contributed by atoms with Gasteiger partial charge < -0.3 is 15.2 Å². The first kappa shape index (κ1) is 23.4. The van der Waals surface area contributed by atoms with Crippen LogP contribution in [0.1, 0.15) is 28.8 Å². The van der Waals surface area contributed by atoms with E-state index >= 15 is 0 Å². The van der Waals surface area contributed by atoms with Crippen LogP contribution in [0.4, 0.5) is 0 Å². The van der Waals surface area contributed by atoms with Crippen molar-refractivity contribution in [2.45, 2.75) is 33.4 Å². The zero-order valence-electron chi connectivity index (χ0n) is 17.3. The van der Waals surface area contributed by atoms with Gasteiger partial charge in [-0.2, -0.15) is 0 Å². The molecule has 0 saturated carbocycles. The van der Waals surface area contributed by atoms with Crippen LogP contribution in [0.5, 0.6) is 0 Å². The zero-order valence-corrected chi connectivity index (χ0v) is 20.4. The fourth-order valence-electron chi connectivity index (χ4n) is 3.13. The van der Waals surface area contributed by atoms with Crippen LogP contribution in [-0.4, -0.2) is 29.1 Å². The number of rotatable bonds is 8. The van der Waals surface area contributed by atoms with Gasteiger partial charge in [-0.05, 0) is 41.8 Å². The number of thiophene rings is 1. The Hall–Kier alpha value is -1.87. The molecule has 2 aromatic heterocycles. The quantitative estimate of drug-likeness (QED) is 0.261. The van der Waals surface area contributed by atoms with E-state index in [4.69, 9.17) is 0 Å². The molecule has 1 aromatic carbocycles. The minimum atomic E-state index is 0. The summed E-state index contributed by atoms with van der Waals surface area (Å²) in [6.45, 7) is 6.78. The highest BCUT2D eigenvalue weighted by Gasteiger charge is 2.06. The Morgan fingerprint density at radius 1 is 1.21 bits per heavy atom. The number of benzene rings is 1. The van der Waals surface area contributed by atoms with Gasteiger partial charge in [0.1, 0.15) is 5.82 Å². The Morgan fingerprint density at radius 2 is 2.03 bits per heavy atom. The lowest BCUT2D eigenvalue weighted by Gasteiger charge is -2.16. The maximum Gasteiger partial charge on any atom is 0.191 e. The van der Waals surface area contributed by atoms with Gasteiger partial charge in [-0.1, -0.05) is 37.3 Å². The second-order valence-corrected chi connectivity index (χ2v) is 8.15. The predicted molar refractivity (Wildman–Crippen MR) is 133 cm³/mol. The largest absolute Gasteiger partial charge is 0.356 e. The lowest BCUT2D eigenvalue weighted by atomic mass is 10.1. The number of guanidine groups is 1. The molecule has 2 N–H and O–H groups in total. The van der Waals surface area contributed by atoms with Crippen molar-refractivity contribution in [1.29, 1.82) is 0 Å². The van der Waals surface area contributed by atoms with Crippen LogP contribution < -0.4 is 10.6 Å². The number of aliphatic imine (C=N–C) groups is 1. The van der Waals surface area contributed by atoms with E-state index in [0.717, 1.165) is 37.8 Å². The first-order chi connectivity index (χ1) is 13.6. The maximum atomic E-state index is 4.35. The van der Waals surface area contributed by atoms with E-state index in [0.29, 0.717) is 5.92 Å².